The molecule has 1 aliphatic carbocycles. The molecule has 0 saturated heterocycles. The van der Waals surface area contributed by atoms with E-state index in [9.17, 15) is 4.79 Å². The Kier molecular flexibility index (Phi) is 2.81. The summed E-state index contributed by atoms with van der Waals surface area (Å²) in [5, 5.41) is 0. The standard InChI is InChI=1S/C13H14N2OS/c16-13-4-2-1-3-10-6-15(8-12(10)13)7-11-5-14-9-17-11/h5-6,8-9H,1-4,7H2. The van der Waals surface area contributed by atoms with Crippen molar-refractivity contribution in [3.05, 3.63) is 40.1 Å². The quantitative estimate of drug-likeness (QED) is 0.764. The third-order valence-corrected chi connectivity index (χ3v) is 3.95. The minimum Gasteiger partial charge on any atom is -0.348 e. The molecule has 2 aromatic rings. The first kappa shape index (κ1) is 10.7. The Hall–Kier alpha value is -1.42. The molecule has 0 radical (unpaired) electrons. The second kappa shape index (κ2) is 4.45. The molecule has 3 nitrogen and oxygen atoms in total. The summed E-state index contributed by atoms with van der Waals surface area (Å²) in [5.74, 6) is 0.306. The Bertz CT molecular complexity index is 528. The number of aromatic nitrogens is 2. The van der Waals surface area contributed by atoms with E-state index in [0.717, 1.165) is 31.4 Å². The van der Waals surface area contributed by atoms with Crippen molar-refractivity contribution < 1.29 is 4.79 Å². The van der Waals surface area contributed by atoms with Gasteiger partial charge in [0.05, 0.1) is 12.1 Å². The lowest BCUT2D eigenvalue weighted by atomic mass is 10.1. The number of ketones is 1. The molecule has 0 unspecified atom stereocenters. The highest BCUT2D eigenvalue weighted by molar-refractivity contribution is 7.09. The third kappa shape index (κ3) is 2.17. The van der Waals surface area contributed by atoms with Gasteiger partial charge in [-0.15, -0.1) is 11.3 Å². The van der Waals surface area contributed by atoms with Crippen LogP contribution < -0.4 is 0 Å². The molecule has 0 spiro atoms. The lowest BCUT2D eigenvalue weighted by Gasteiger charge is -1.99. The Morgan fingerprint density at radius 3 is 3.00 bits per heavy atom. The molecule has 88 valence electrons. The highest BCUT2D eigenvalue weighted by Crippen LogP contribution is 2.22. The minimum atomic E-state index is 0.306. The van der Waals surface area contributed by atoms with E-state index in [2.05, 4.69) is 15.7 Å². The number of Topliss-reactive ketones (excluding diaryl/α,β-unsaturated/α-hetero) is 1. The van der Waals surface area contributed by atoms with Crippen LogP contribution in [0.3, 0.4) is 0 Å². The van der Waals surface area contributed by atoms with Crippen molar-refractivity contribution in [2.75, 3.05) is 0 Å². The monoisotopic (exact) mass is 246 g/mol. The first-order valence-corrected chi connectivity index (χ1v) is 6.80. The number of rotatable bonds is 2. The van der Waals surface area contributed by atoms with Crippen LogP contribution in [0.2, 0.25) is 0 Å². The number of nitrogens with zero attached hydrogens (tertiary/aromatic N) is 2. The highest BCUT2D eigenvalue weighted by atomic mass is 32.1. The van der Waals surface area contributed by atoms with Gasteiger partial charge in [0.2, 0.25) is 0 Å². The molecular formula is C13H14N2OS. The lowest BCUT2D eigenvalue weighted by molar-refractivity contribution is 0.0982. The van der Waals surface area contributed by atoms with Crippen LogP contribution in [0.25, 0.3) is 0 Å². The van der Waals surface area contributed by atoms with Gasteiger partial charge in [-0.05, 0) is 24.8 Å². The molecular weight excluding hydrogens is 232 g/mol. The zero-order valence-corrected chi connectivity index (χ0v) is 10.4. The zero-order valence-electron chi connectivity index (χ0n) is 9.56. The van der Waals surface area contributed by atoms with E-state index < -0.39 is 0 Å². The topological polar surface area (TPSA) is 34.9 Å². The zero-order chi connectivity index (χ0) is 11.7. The molecule has 0 aliphatic heterocycles. The molecule has 0 fully saturated rings. The number of thiazole rings is 1. The molecule has 0 saturated carbocycles. The summed E-state index contributed by atoms with van der Waals surface area (Å²) in [6.45, 7) is 0.824. The predicted molar refractivity (Wildman–Crippen MR) is 67.5 cm³/mol. The van der Waals surface area contributed by atoms with Crippen LogP contribution in [0, 0.1) is 0 Å². The molecule has 3 rings (SSSR count). The van der Waals surface area contributed by atoms with Gasteiger partial charge in [-0.1, -0.05) is 0 Å². The molecule has 0 amide bonds. The summed E-state index contributed by atoms with van der Waals surface area (Å²) < 4.78 is 2.11. The second-order valence-corrected chi connectivity index (χ2v) is 5.44. The van der Waals surface area contributed by atoms with E-state index in [1.807, 2.05) is 17.9 Å². The third-order valence-electron chi connectivity index (χ3n) is 3.18. The van der Waals surface area contributed by atoms with Crippen molar-refractivity contribution in [1.82, 2.24) is 9.55 Å². The van der Waals surface area contributed by atoms with Gasteiger partial charge in [0.15, 0.2) is 5.78 Å². The van der Waals surface area contributed by atoms with Crippen LogP contribution in [0.5, 0.6) is 0 Å². The Morgan fingerprint density at radius 2 is 2.18 bits per heavy atom. The summed E-state index contributed by atoms with van der Waals surface area (Å²) in [5.41, 5.74) is 4.00. The average Bonchev–Trinajstić information content (AvgIpc) is 2.92. The fraction of sp³-hybridized carbons (Fsp3) is 0.385. The van der Waals surface area contributed by atoms with Crippen molar-refractivity contribution in [2.24, 2.45) is 0 Å². The molecule has 1 aliphatic rings. The second-order valence-electron chi connectivity index (χ2n) is 4.47. The fourth-order valence-corrected chi connectivity index (χ4v) is 2.94. The first-order valence-electron chi connectivity index (χ1n) is 5.92. The SMILES string of the molecule is O=C1CCCCc2cn(Cc3cncs3)cc21. The number of hydrogen-bond acceptors (Lipinski definition) is 3. The molecule has 0 bridgehead atoms. The fourth-order valence-electron chi connectivity index (χ4n) is 2.33. The molecule has 0 atom stereocenters. The van der Waals surface area contributed by atoms with Crippen LogP contribution >= 0.6 is 11.3 Å². The Morgan fingerprint density at radius 1 is 1.29 bits per heavy atom. The van der Waals surface area contributed by atoms with Crippen molar-refractivity contribution in [1.29, 1.82) is 0 Å². The molecule has 0 N–H and O–H groups in total. The average molecular weight is 246 g/mol. The van der Waals surface area contributed by atoms with Crippen LogP contribution in [0.4, 0.5) is 0 Å². The van der Waals surface area contributed by atoms with E-state index in [4.69, 9.17) is 0 Å². The van der Waals surface area contributed by atoms with E-state index in [-0.39, 0.29) is 0 Å². The van der Waals surface area contributed by atoms with Gasteiger partial charge >= 0.3 is 0 Å². The number of fused-ring (bicyclic) bond motifs is 1. The van der Waals surface area contributed by atoms with Crippen LogP contribution in [0.1, 0.15) is 40.1 Å². The smallest absolute Gasteiger partial charge is 0.164 e. The highest BCUT2D eigenvalue weighted by Gasteiger charge is 2.17. The summed E-state index contributed by atoms with van der Waals surface area (Å²) in [6.07, 6.45) is 9.92. The molecule has 2 heterocycles. The molecule has 17 heavy (non-hydrogen) atoms. The van der Waals surface area contributed by atoms with E-state index >= 15 is 0 Å². The summed E-state index contributed by atoms with van der Waals surface area (Å²) in [7, 11) is 0. The maximum absolute atomic E-state index is 11.9. The Balaban J connectivity index is 1.88. The maximum Gasteiger partial charge on any atom is 0.164 e. The van der Waals surface area contributed by atoms with Gasteiger partial charge in [-0.2, -0.15) is 0 Å². The van der Waals surface area contributed by atoms with Gasteiger partial charge < -0.3 is 4.57 Å². The van der Waals surface area contributed by atoms with E-state index in [1.54, 1.807) is 11.3 Å². The largest absolute Gasteiger partial charge is 0.348 e. The number of carbonyl (C=O) groups is 1. The number of carbonyl (C=O) groups excluding carboxylic acids is 1. The van der Waals surface area contributed by atoms with E-state index in [0.29, 0.717) is 12.2 Å². The van der Waals surface area contributed by atoms with Gasteiger partial charge in [0.25, 0.3) is 0 Å². The van der Waals surface area contributed by atoms with Crippen molar-refractivity contribution in [3.63, 3.8) is 0 Å². The van der Waals surface area contributed by atoms with Gasteiger partial charge in [0.1, 0.15) is 0 Å². The Labute approximate surface area is 104 Å². The van der Waals surface area contributed by atoms with Crippen molar-refractivity contribution in [2.45, 2.75) is 32.2 Å². The first-order chi connectivity index (χ1) is 8.33. The van der Waals surface area contributed by atoms with Crippen LogP contribution in [-0.4, -0.2) is 15.3 Å². The van der Waals surface area contributed by atoms with Crippen LogP contribution in [-0.2, 0) is 13.0 Å². The lowest BCUT2D eigenvalue weighted by Crippen LogP contribution is -1.98. The predicted octanol–water partition coefficient (Wildman–Crippen LogP) is 2.90. The summed E-state index contributed by atoms with van der Waals surface area (Å²) >= 11 is 1.65. The molecule has 4 heteroatoms. The minimum absolute atomic E-state index is 0.306. The number of aryl methyl sites for hydroxylation is 1. The normalized spacial score (nSPS) is 15.6. The maximum atomic E-state index is 11.9. The van der Waals surface area contributed by atoms with Crippen molar-refractivity contribution >= 4 is 17.1 Å². The number of hydrogen-bond donors (Lipinski definition) is 0. The van der Waals surface area contributed by atoms with Gasteiger partial charge in [-0.25, -0.2) is 0 Å². The summed E-state index contributed by atoms with van der Waals surface area (Å²) in [6, 6.07) is 0. The van der Waals surface area contributed by atoms with Crippen molar-refractivity contribution in [3.8, 4) is 0 Å². The van der Waals surface area contributed by atoms with Gasteiger partial charge in [-0.3, -0.25) is 9.78 Å². The molecule has 2 aromatic heterocycles. The molecule has 0 aromatic carbocycles. The summed E-state index contributed by atoms with van der Waals surface area (Å²) in [4.78, 5) is 17.2. The van der Waals surface area contributed by atoms with Gasteiger partial charge in [0, 0.05) is 35.5 Å². The van der Waals surface area contributed by atoms with Crippen LogP contribution in [0.15, 0.2) is 24.1 Å². The van der Waals surface area contributed by atoms with E-state index in [1.165, 1.54) is 10.4 Å².